The number of benzene rings is 1. The molecule has 0 aliphatic rings. The largest absolute Gasteiger partial charge is 0.344 e. The molecular formula is C18H25N3OS. The van der Waals surface area contributed by atoms with Gasteiger partial charge in [0, 0.05) is 17.1 Å². The fraction of sp³-hybridized carbons (Fsp3) is 0.444. The van der Waals surface area contributed by atoms with Crippen molar-refractivity contribution in [1.82, 2.24) is 10.3 Å². The average Bonchev–Trinajstić information content (AvgIpc) is 3.01. The van der Waals surface area contributed by atoms with Crippen molar-refractivity contribution in [3.05, 3.63) is 52.0 Å². The van der Waals surface area contributed by atoms with Gasteiger partial charge in [-0.15, -0.1) is 11.3 Å². The number of carbonyl (C=O) groups excluding carboxylic acids is 1. The quantitative estimate of drug-likeness (QED) is 0.851. The number of nitrogens with two attached hydrogens (primary N) is 1. The molecule has 3 N–H and O–H groups in total. The van der Waals surface area contributed by atoms with E-state index >= 15 is 0 Å². The highest BCUT2D eigenvalue weighted by atomic mass is 32.1. The van der Waals surface area contributed by atoms with Crippen LogP contribution in [0.1, 0.15) is 49.5 Å². The topological polar surface area (TPSA) is 68.0 Å². The van der Waals surface area contributed by atoms with Crippen LogP contribution in [0.5, 0.6) is 0 Å². The molecule has 0 bridgehead atoms. The van der Waals surface area contributed by atoms with E-state index in [-0.39, 0.29) is 17.9 Å². The zero-order chi connectivity index (χ0) is 17.0. The highest BCUT2D eigenvalue weighted by Crippen LogP contribution is 2.29. The number of nitrogens with zero attached hydrogens (tertiary/aromatic N) is 1. The Hall–Kier alpha value is -1.72. The van der Waals surface area contributed by atoms with E-state index in [0.717, 1.165) is 22.7 Å². The molecule has 2 rings (SSSR count). The van der Waals surface area contributed by atoms with Gasteiger partial charge in [-0.2, -0.15) is 0 Å². The van der Waals surface area contributed by atoms with Crippen LogP contribution < -0.4 is 11.1 Å². The first-order valence-electron chi connectivity index (χ1n) is 7.92. The Bertz CT molecular complexity index is 655. The number of thiazole rings is 1. The maximum Gasteiger partial charge on any atom is 0.225 e. The third kappa shape index (κ3) is 3.98. The second-order valence-corrected chi connectivity index (χ2v) is 7.05. The number of aromatic nitrogens is 1. The third-order valence-electron chi connectivity index (χ3n) is 4.33. The molecule has 124 valence electrons. The van der Waals surface area contributed by atoms with Crippen molar-refractivity contribution in [1.29, 1.82) is 0 Å². The number of hydrogen-bond donors (Lipinski definition) is 2. The SMILES string of the molecule is CCC(C)(NC(=O)C(C)C(N)c1ccccc1)c1nc(C)cs1. The monoisotopic (exact) mass is 331 g/mol. The summed E-state index contributed by atoms with van der Waals surface area (Å²) in [6, 6.07) is 9.41. The molecule has 0 aliphatic heterocycles. The zero-order valence-electron chi connectivity index (χ0n) is 14.2. The van der Waals surface area contributed by atoms with Crippen molar-refractivity contribution in [2.75, 3.05) is 0 Å². The minimum atomic E-state index is -0.458. The summed E-state index contributed by atoms with van der Waals surface area (Å²) in [7, 11) is 0. The fourth-order valence-electron chi connectivity index (χ4n) is 2.41. The minimum absolute atomic E-state index is 0.0430. The predicted molar refractivity (Wildman–Crippen MR) is 95.2 cm³/mol. The van der Waals surface area contributed by atoms with Crippen LogP contribution in [-0.4, -0.2) is 10.9 Å². The predicted octanol–water partition coefficient (Wildman–Crippen LogP) is 3.53. The molecule has 4 nitrogen and oxygen atoms in total. The molecule has 0 saturated carbocycles. The number of hydrogen-bond acceptors (Lipinski definition) is 4. The number of aryl methyl sites for hydroxylation is 1. The zero-order valence-corrected chi connectivity index (χ0v) is 15.0. The normalized spacial score (nSPS) is 16.4. The first kappa shape index (κ1) is 17.6. The van der Waals surface area contributed by atoms with Gasteiger partial charge >= 0.3 is 0 Å². The van der Waals surface area contributed by atoms with Crippen LogP contribution >= 0.6 is 11.3 Å². The maximum atomic E-state index is 12.7. The molecule has 0 fully saturated rings. The smallest absolute Gasteiger partial charge is 0.225 e. The first-order valence-corrected chi connectivity index (χ1v) is 8.80. The average molecular weight is 331 g/mol. The van der Waals surface area contributed by atoms with E-state index in [1.54, 1.807) is 11.3 Å². The first-order chi connectivity index (χ1) is 10.9. The second-order valence-electron chi connectivity index (χ2n) is 6.19. The van der Waals surface area contributed by atoms with Crippen molar-refractivity contribution in [2.24, 2.45) is 11.7 Å². The van der Waals surface area contributed by atoms with E-state index in [4.69, 9.17) is 5.73 Å². The van der Waals surface area contributed by atoms with Gasteiger partial charge in [0.2, 0.25) is 5.91 Å². The summed E-state index contributed by atoms with van der Waals surface area (Å²) in [4.78, 5) is 17.2. The number of rotatable bonds is 6. The Labute approximate surface area is 142 Å². The lowest BCUT2D eigenvalue weighted by Crippen LogP contribution is -2.47. The molecule has 0 spiro atoms. The van der Waals surface area contributed by atoms with Gasteiger partial charge in [-0.25, -0.2) is 4.98 Å². The van der Waals surface area contributed by atoms with Crippen LogP contribution in [0.25, 0.3) is 0 Å². The van der Waals surface area contributed by atoms with Gasteiger partial charge in [-0.05, 0) is 25.8 Å². The molecule has 3 unspecified atom stereocenters. The number of carbonyl (C=O) groups is 1. The van der Waals surface area contributed by atoms with Crippen LogP contribution in [0.2, 0.25) is 0 Å². The molecule has 0 radical (unpaired) electrons. The molecule has 2 aromatic rings. The van der Waals surface area contributed by atoms with E-state index in [9.17, 15) is 4.79 Å². The molecule has 1 aromatic carbocycles. The lowest BCUT2D eigenvalue weighted by molar-refractivity contribution is -0.127. The molecule has 0 aliphatic carbocycles. The molecule has 1 amide bonds. The Balaban J connectivity index is 2.13. The van der Waals surface area contributed by atoms with Crippen LogP contribution in [0.4, 0.5) is 0 Å². The van der Waals surface area contributed by atoms with E-state index in [1.807, 2.05) is 56.5 Å². The van der Waals surface area contributed by atoms with Gasteiger partial charge in [-0.3, -0.25) is 4.79 Å². The summed E-state index contributed by atoms with van der Waals surface area (Å²) < 4.78 is 0. The standard InChI is InChI=1S/C18H25N3OS/c1-5-18(4,17-20-12(2)11-23-17)21-16(22)13(3)15(19)14-9-7-6-8-10-14/h6-11,13,15H,5,19H2,1-4H3,(H,21,22). The maximum absolute atomic E-state index is 12.7. The van der Waals surface area contributed by atoms with Gasteiger partial charge < -0.3 is 11.1 Å². The minimum Gasteiger partial charge on any atom is -0.344 e. The van der Waals surface area contributed by atoms with Gasteiger partial charge in [-0.1, -0.05) is 44.2 Å². The van der Waals surface area contributed by atoms with E-state index in [1.165, 1.54) is 0 Å². The molecular weight excluding hydrogens is 306 g/mol. The van der Waals surface area contributed by atoms with Crippen molar-refractivity contribution < 1.29 is 4.79 Å². The number of amides is 1. The molecule has 0 saturated heterocycles. The summed E-state index contributed by atoms with van der Waals surface area (Å²) in [6.07, 6.45) is 0.777. The highest BCUT2D eigenvalue weighted by molar-refractivity contribution is 7.09. The molecule has 23 heavy (non-hydrogen) atoms. The lowest BCUT2D eigenvalue weighted by atomic mass is 9.92. The van der Waals surface area contributed by atoms with Gasteiger partial charge in [0.05, 0.1) is 11.5 Å². The van der Waals surface area contributed by atoms with Gasteiger partial charge in [0.15, 0.2) is 0 Å². The number of nitrogens with one attached hydrogen (secondary N) is 1. The highest BCUT2D eigenvalue weighted by Gasteiger charge is 2.33. The van der Waals surface area contributed by atoms with E-state index in [2.05, 4.69) is 17.2 Å². The fourth-order valence-corrected chi connectivity index (χ4v) is 3.40. The van der Waals surface area contributed by atoms with Crippen molar-refractivity contribution in [3.8, 4) is 0 Å². The Morgan fingerprint density at radius 2 is 2.04 bits per heavy atom. The van der Waals surface area contributed by atoms with Crippen LogP contribution in [-0.2, 0) is 10.3 Å². The van der Waals surface area contributed by atoms with Crippen LogP contribution in [0, 0.1) is 12.8 Å². The van der Waals surface area contributed by atoms with Crippen LogP contribution in [0.15, 0.2) is 35.7 Å². The molecule has 1 aromatic heterocycles. The Kier molecular flexibility index (Phi) is 5.55. The third-order valence-corrected chi connectivity index (χ3v) is 5.56. The Morgan fingerprint density at radius 3 is 2.57 bits per heavy atom. The van der Waals surface area contributed by atoms with Crippen LogP contribution in [0.3, 0.4) is 0 Å². The Morgan fingerprint density at radius 1 is 1.39 bits per heavy atom. The van der Waals surface area contributed by atoms with E-state index in [0.29, 0.717) is 0 Å². The van der Waals surface area contributed by atoms with E-state index < -0.39 is 5.54 Å². The summed E-state index contributed by atoms with van der Waals surface area (Å²) >= 11 is 1.58. The van der Waals surface area contributed by atoms with Crippen molar-refractivity contribution in [3.63, 3.8) is 0 Å². The summed E-state index contributed by atoms with van der Waals surface area (Å²) in [5.74, 6) is -0.358. The van der Waals surface area contributed by atoms with Gasteiger partial charge in [0.1, 0.15) is 5.01 Å². The lowest BCUT2D eigenvalue weighted by Gasteiger charge is -2.30. The van der Waals surface area contributed by atoms with Gasteiger partial charge in [0.25, 0.3) is 0 Å². The molecule has 5 heteroatoms. The summed E-state index contributed by atoms with van der Waals surface area (Å²) in [5, 5.41) is 6.10. The van der Waals surface area contributed by atoms with Crippen molar-refractivity contribution >= 4 is 17.2 Å². The molecule has 1 heterocycles. The summed E-state index contributed by atoms with van der Waals surface area (Å²) in [5.41, 5.74) is 7.76. The summed E-state index contributed by atoms with van der Waals surface area (Å²) in [6.45, 7) is 7.91. The molecule has 3 atom stereocenters. The van der Waals surface area contributed by atoms with Crippen molar-refractivity contribution in [2.45, 2.75) is 45.7 Å². The second kappa shape index (κ2) is 7.23.